The third-order valence-corrected chi connectivity index (χ3v) is 5.84. The molecule has 1 aliphatic rings. The fraction of sp³-hybridized carbons (Fsp3) is 0.429. The third kappa shape index (κ3) is 4.52. The monoisotopic (exact) mass is 370 g/mol. The zero-order valence-electron chi connectivity index (χ0n) is 15.4. The number of rotatable bonds is 6. The molecule has 0 saturated heterocycles. The molecular formula is C21H26N2O2S. The number of fused-ring (bicyclic) bond motifs is 1. The topological polar surface area (TPSA) is 58.2 Å². The first-order chi connectivity index (χ1) is 12.6. The Labute approximate surface area is 159 Å². The molecule has 2 amide bonds. The molecule has 0 spiro atoms. The molecule has 1 aromatic heterocycles. The van der Waals surface area contributed by atoms with Crippen LogP contribution >= 0.6 is 11.3 Å². The Morgan fingerprint density at radius 3 is 2.96 bits per heavy atom. The number of carbonyl (C=O) groups excluding carboxylic acids is 2. The number of hydrogen-bond acceptors (Lipinski definition) is 3. The summed E-state index contributed by atoms with van der Waals surface area (Å²) in [6.07, 6.45) is 4.59. The van der Waals surface area contributed by atoms with E-state index in [1.165, 1.54) is 10.4 Å². The molecule has 138 valence electrons. The van der Waals surface area contributed by atoms with Crippen LogP contribution in [0.15, 0.2) is 29.6 Å². The Kier molecular flexibility index (Phi) is 6.09. The van der Waals surface area contributed by atoms with Gasteiger partial charge in [-0.3, -0.25) is 9.59 Å². The second-order valence-electron chi connectivity index (χ2n) is 7.08. The predicted molar refractivity (Wildman–Crippen MR) is 107 cm³/mol. The summed E-state index contributed by atoms with van der Waals surface area (Å²) in [6.45, 7) is 4.71. The maximum Gasteiger partial charge on any atom is 0.252 e. The molecule has 3 rings (SSSR count). The summed E-state index contributed by atoms with van der Waals surface area (Å²) in [6, 6.07) is 7.64. The fourth-order valence-corrected chi connectivity index (χ4v) is 4.60. The quantitative estimate of drug-likeness (QED) is 0.784. The minimum atomic E-state index is -0.00234. The van der Waals surface area contributed by atoms with Gasteiger partial charge in [0.1, 0.15) is 0 Å². The molecule has 1 aliphatic carbocycles. The van der Waals surface area contributed by atoms with E-state index < -0.39 is 0 Å². The molecule has 0 saturated carbocycles. The summed E-state index contributed by atoms with van der Waals surface area (Å²) in [5.74, 6) is 0.730. The summed E-state index contributed by atoms with van der Waals surface area (Å²) >= 11 is 1.71. The van der Waals surface area contributed by atoms with Crippen LogP contribution in [0.4, 0.5) is 5.69 Å². The van der Waals surface area contributed by atoms with E-state index in [0.29, 0.717) is 18.9 Å². The highest BCUT2D eigenvalue weighted by molar-refractivity contribution is 7.10. The Hall–Kier alpha value is -2.14. The van der Waals surface area contributed by atoms with Crippen LogP contribution in [0.25, 0.3) is 0 Å². The lowest BCUT2D eigenvalue weighted by molar-refractivity contribution is -0.116. The number of carbonyl (C=O) groups is 2. The molecule has 2 N–H and O–H groups in total. The normalized spacial score (nSPS) is 16.0. The van der Waals surface area contributed by atoms with E-state index in [9.17, 15) is 9.59 Å². The van der Waals surface area contributed by atoms with Crippen molar-refractivity contribution in [2.45, 2.75) is 52.5 Å². The number of anilines is 1. The molecule has 1 unspecified atom stereocenters. The van der Waals surface area contributed by atoms with Crippen molar-refractivity contribution in [2.75, 3.05) is 5.32 Å². The first kappa shape index (κ1) is 18.6. The van der Waals surface area contributed by atoms with Crippen molar-refractivity contribution in [2.24, 2.45) is 5.92 Å². The Bertz CT molecular complexity index is 797. The molecule has 1 aromatic carbocycles. The van der Waals surface area contributed by atoms with Crippen LogP contribution in [0.2, 0.25) is 0 Å². The number of amides is 2. The third-order valence-electron chi connectivity index (χ3n) is 4.79. The number of hydrogen-bond donors (Lipinski definition) is 2. The average molecular weight is 371 g/mol. The van der Waals surface area contributed by atoms with Crippen molar-refractivity contribution in [1.29, 1.82) is 0 Å². The maximum absolute atomic E-state index is 12.6. The Balaban J connectivity index is 1.61. The van der Waals surface area contributed by atoms with Gasteiger partial charge in [0.15, 0.2) is 0 Å². The number of benzene rings is 1. The van der Waals surface area contributed by atoms with E-state index in [0.717, 1.165) is 42.5 Å². The zero-order chi connectivity index (χ0) is 18.5. The van der Waals surface area contributed by atoms with Gasteiger partial charge >= 0.3 is 0 Å². The molecule has 0 radical (unpaired) electrons. The molecule has 5 heteroatoms. The van der Waals surface area contributed by atoms with Crippen molar-refractivity contribution in [3.8, 4) is 0 Å². The summed E-state index contributed by atoms with van der Waals surface area (Å²) in [5.41, 5.74) is 3.83. The summed E-state index contributed by atoms with van der Waals surface area (Å²) in [7, 11) is 0. The molecule has 0 bridgehead atoms. The van der Waals surface area contributed by atoms with Crippen molar-refractivity contribution in [3.05, 3.63) is 51.2 Å². The largest absolute Gasteiger partial charge is 0.348 e. The fourth-order valence-electron chi connectivity index (χ4n) is 3.35. The standard InChI is InChI=1S/C21H26N2O2S/c1-3-5-20(24)23-16-7-4-6-15(11-16)12-22-21(25)18-13-26-19-10-14(2)8-9-17(18)19/h4,6-7,11,13-14H,3,5,8-10,12H2,1-2H3,(H,22,25)(H,23,24). The van der Waals surface area contributed by atoms with Crippen LogP contribution < -0.4 is 10.6 Å². The van der Waals surface area contributed by atoms with E-state index in [4.69, 9.17) is 0 Å². The lowest BCUT2D eigenvalue weighted by Gasteiger charge is -2.18. The zero-order valence-corrected chi connectivity index (χ0v) is 16.2. The molecule has 1 heterocycles. The van der Waals surface area contributed by atoms with Crippen molar-refractivity contribution >= 4 is 28.8 Å². The summed E-state index contributed by atoms with van der Waals surface area (Å²) in [5, 5.41) is 7.92. The predicted octanol–water partition coefficient (Wildman–Crippen LogP) is 4.54. The van der Waals surface area contributed by atoms with Gasteiger partial charge in [0.05, 0.1) is 5.56 Å². The molecule has 26 heavy (non-hydrogen) atoms. The van der Waals surface area contributed by atoms with Crippen LogP contribution in [0.1, 0.15) is 59.5 Å². The van der Waals surface area contributed by atoms with Crippen LogP contribution in [-0.4, -0.2) is 11.8 Å². The van der Waals surface area contributed by atoms with Crippen LogP contribution in [0, 0.1) is 5.92 Å². The molecule has 0 fully saturated rings. The van der Waals surface area contributed by atoms with Crippen LogP contribution in [0.3, 0.4) is 0 Å². The Morgan fingerprint density at radius 1 is 1.31 bits per heavy atom. The van der Waals surface area contributed by atoms with Crippen molar-refractivity contribution in [3.63, 3.8) is 0 Å². The number of nitrogens with one attached hydrogen (secondary N) is 2. The summed E-state index contributed by atoms with van der Waals surface area (Å²) in [4.78, 5) is 25.7. The lowest BCUT2D eigenvalue weighted by atomic mass is 9.88. The minimum absolute atomic E-state index is 0.00234. The highest BCUT2D eigenvalue weighted by atomic mass is 32.1. The highest BCUT2D eigenvalue weighted by Crippen LogP contribution is 2.32. The van der Waals surface area contributed by atoms with E-state index in [1.807, 2.05) is 36.6 Å². The molecule has 2 aromatic rings. The first-order valence-electron chi connectivity index (χ1n) is 9.33. The van der Waals surface area contributed by atoms with E-state index in [1.54, 1.807) is 11.3 Å². The lowest BCUT2D eigenvalue weighted by Crippen LogP contribution is -2.24. The second-order valence-corrected chi connectivity index (χ2v) is 8.04. The second kappa shape index (κ2) is 8.49. The summed E-state index contributed by atoms with van der Waals surface area (Å²) < 4.78 is 0. The van der Waals surface area contributed by atoms with Gasteiger partial charge in [0, 0.05) is 28.9 Å². The van der Waals surface area contributed by atoms with Crippen molar-refractivity contribution in [1.82, 2.24) is 5.32 Å². The van der Waals surface area contributed by atoms with Gasteiger partial charge in [-0.15, -0.1) is 11.3 Å². The van der Waals surface area contributed by atoms with Gasteiger partial charge in [-0.25, -0.2) is 0 Å². The SMILES string of the molecule is CCCC(=O)Nc1cccc(CNC(=O)c2csc3c2CCC(C)C3)c1. The van der Waals surface area contributed by atoms with Gasteiger partial charge < -0.3 is 10.6 Å². The average Bonchev–Trinajstić information content (AvgIpc) is 3.03. The first-order valence-corrected chi connectivity index (χ1v) is 10.2. The van der Waals surface area contributed by atoms with E-state index >= 15 is 0 Å². The molecule has 0 aliphatic heterocycles. The van der Waals surface area contributed by atoms with Gasteiger partial charge in [-0.2, -0.15) is 0 Å². The van der Waals surface area contributed by atoms with Gasteiger partial charge in [0.2, 0.25) is 5.91 Å². The van der Waals surface area contributed by atoms with E-state index in [2.05, 4.69) is 17.6 Å². The van der Waals surface area contributed by atoms with Gasteiger partial charge in [-0.1, -0.05) is 26.0 Å². The molecular weight excluding hydrogens is 344 g/mol. The molecule has 1 atom stereocenters. The molecule has 4 nitrogen and oxygen atoms in total. The smallest absolute Gasteiger partial charge is 0.252 e. The van der Waals surface area contributed by atoms with Gasteiger partial charge in [0.25, 0.3) is 5.91 Å². The minimum Gasteiger partial charge on any atom is -0.348 e. The Morgan fingerprint density at radius 2 is 2.15 bits per heavy atom. The highest BCUT2D eigenvalue weighted by Gasteiger charge is 2.23. The van der Waals surface area contributed by atoms with Gasteiger partial charge in [-0.05, 0) is 54.9 Å². The van der Waals surface area contributed by atoms with Crippen LogP contribution in [-0.2, 0) is 24.2 Å². The maximum atomic E-state index is 12.6. The van der Waals surface area contributed by atoms with Crippen molar-refractivity contribution < 1.29 is 9.59 Å². The van der Waals surface area contributed by atoms with E-state index in [-0.39, 0.29) is 11.8 Å². The van der Waals surface area contributed by atoms with Crippen LogP contribution in [0.5, 0.6) is 0 Å². The number of thiophene rings is 1.